The predicted molar refractivity (Wildman–Crippen MR) is 55.2 cm³/mol. The van der Waals surface area contributed by atoms with Gasteiger partial charge >= 0.3 is 5.97 Å². The van der Waals surface area contributed by atoms with Gasteiger partial charge in [0.25, 0.3) is 0 Å². The topological polar surface area (TPSA) is 83.6 Å². The van der Waals surface area contributed by atoms with E-state index >= 15 is 0 Å². The molecule has 0 spiro atoms. The number of nitrogens with two attached hydrogens (primary N) is 1. The highest BCUT2D eigenvalue weighted by atomic mass is 79.9. The van der Waals surface area contributed by atoms with Crippen molar-refractivity contribution >= 4 is 21.9 Å². The molecule has 1 atom stereocenters. The molecule has 0 bridgehead atoms. The van der Waals surface area contributed by atoms with Crippen molar-refractivity contribution in [3.8, 4) is 5.75 Å². The van der Waals surface area contributed by atoms with Crippen molar-refractivity contribution in [2.45, 2.75) is 5.92 Å². The predicted octanol–water partition coefficient (Wildman–Crippen LogP) is 1.28. The van der Waals surface area contributed by atoms with E-state index < -0.39 is 11.9 Å². The zero-order chi connectivity index (χ0) is 10.7. The van der Waals surface area contributed by atoms with Gasteiger partial charge in [0, 0.05) is 11.0 Å². The number of hydrogen-bond donors (Lipinski definition) is 3. The van der Waals surface area contributed by atoms with Crippen LogP contribution < -0.4 is 5.73 Å². The first-order valence-corrected chi connectivity index (χ1v) is 4.77. The Hall–Kier alpha value is -1.07. The Morgan fingerprint density at radius 3 is 2.64 bits per heavy atom. The van der Waals surface area contributed by atoms with E-state index in [0.29, 0.717) is 10.0 Å². The summed E-state index contributed by atoms with van der Waals surface area (Å²) in [5, 5.41) is 18.0. The molecule has 0 amide bonds. The second kappa shape index (κ2) is 4.43. The minimum absolute atomic E-state index is 0.0265. The summed E-state index contributed by atoms with van der Waals surface area (Å²) in [5.41, 5.74) is 5.92. The van der Waals surface area contributed by atoms with E-state index in [1.165, 1.54) is 12.1 Å². The van der Waals surface area contributed by atoms with Gasteiger partial charge in [-0.25, -0.2) is 0 Å². The van der Waals surface area contributed by atoms with Crippen molar-refractivity contribution in [3.05, 3.63) is 28.2 Å². The molecule has 76 valence electrons. The molecular formula is C9H10BrNO3. The second-order valence-electron chi connectivity index (χ2n) is 2.83. The number of aromatic hydroxyl groups is 1. The number of carboxylic acid groups (broad SMARTS) is 1. The Balaban J connectivity index is 3.10. The summed E-state index contributed by atoms with van der Waals surface area (Å²) in [6.07, 6.45) is 0. The number of phenols is 1. The third-order valence-corrected chi connectivity index (χ3v) is 2.58. The fraction of sp³-hybridized carbons (Fsp3) is 0.222. The van der Waals surface area contributed by atoms with Crippen molar-refractivity contribution in [2.75, 3.05) is 6.54 Å². The van der Waals surface area contributed by atoms with Gasteiger partial charge < -0.3 is 15.9 Å². The van der Waals surface area contributed by atoms with Crippen LogP contribution in [0.3, 0.4) is 0 Å². The van der Waals surface area contributed by atoms with E-state index in [1.807, 2.05) is 0 Å². The van der Waals surface area contributed by atoms with Gasteiger partial charge in [0.15, 0.2) is 0 Å². The first-order chi connectivity index (χ1) is 6.56. The van der Waals surface area contributed by atoms with Crippen LogP contribution in [0.1, 0.15) is 11.5 Å². The molecule has 0 saturated carbocycles. The Bertz CT molecular complexity index is 354. The lowest BCUT2D eigenvalue weighted by Gasteiger charge is -2.11. The molecule has 14 heavy (non-hydrogen) atoms. The minimum Gasteiger partial charge on any atom is -0.508 e. The van der Waals surface area contributed by atoms with Gasteiger partial charge in [-0.1, -0.05) is 22.0 Å². The Morgan fingerprint density at radius 1 is 1.57 bits per heavy atom. The second-order valence-corrected chi connectivity index (χ2v) is 3.69. The van der Waals surface area contributed by atoms with E-state index in [1.54, 1.807) is 6.07 Å². The molecule has 4 nitrogen and oxygen atoms in total. The van der Waals surface area contributed by atoms with Crippen molar-refractivity contribution in [3.63, 3.8) is 0 Å². The number of rotatable bonds is 3. The van der Waals surface area contributed by atoms with Crippen molar-refractivity contribution in [2.24, 2.45) is 5.73 Å². The number of carbonyl (C=O) groups is 1. The molecule has 0 radical (unpaired) electrons. The van der Waals surface area contributed by atoms with Gasteiger partial charge in [-0.15, -0.1) is 0 Å². The number of phenolic OH excluding ortho intramolecular Hbond substituents is 1. The van der Waals surface area contributed by atoms with Crippen LogP contribution in [-0.2, 0) is 4.79 Å². The molecule has 1 unspecified atom stereocenters. The molecule has 0 aromatic heterocycles. The molecule has 0 aliphatic heterocycles. The Labute approximate surface area is 89.5 Å². The fourth-order valence-electron chi connectivity index (χ4n) is 1.16. The normalized spacial score (nSPS) is 12.4. The zero-order valence-corrected chi connectivity index (χ0v) is 8.86. The SMILES string of the molecule is NCC(C(=O)O)c1ccc(O)cc1Br. The summed E-state index contributed by atoms with van der Waals surface area (Å²) in [4.78, 5) is 10.8. The molecule has 1 rings (SSSR count). The van der Waals surface area contributed by atoms with E-state index in [4.69, 9.17) is 15.9 Å². The van der Waals surface area contributed by atoms with Gasteiger partial charge in [-0.05, 0) is 17.7 Å². The van der Waals surface area contributed by atoms with E-state index in [2.05, 4.69) is 15.9 Å². The molecular weight excluding hydrogens is 250 g/mol. The summed E-state index contributed by atoms with van der Waals surface area (Å²) in [6.45, 7) is 0.0265. The van der Waals surface area contributed by atoms with Crippen molar-refractivity contribution < 1.29 is 15.0 Å². The van der Waals surface area contributed by atoms with Crippen LogP contribution in [-0.4, -0.2) is 22.7 Å². The van der Waals surface area contributed by atoms with Crippen LogP contribution in [0.5, 0.6) is 5.75 Å². The standard InChI is InChI=1S/C9H10BrNO3/c10-8-3-5(12)1-2-6(8)7(4-11)9(13)14/h1-3,7,12H,4,11H2,(H,13,14). The lowest BCUT2D eigenvalue weighted by molar-refractivity contribution is -0.138. The van der Waals surface area contributed by atoms with Gasteiger partial charge in [0.1, 0.15) is 5.75 Å². The first-order valence-electron chi connectivity index (χ1n) is 3.97. The summed E-state index contributed by atoms with van der Waals surface area (Å²) < 4.78 is 0.551. The lowest BCUT2D eigenvalue weighted by atomic mass is 9.99. The van der Waals surface area contributed by atoms with E-state index in [9.17, 15) is 4.79 Å². The first kappa shape index (κ1) is 11.0. The quantitative estimate of drug-likeness (QED) is 0.764. The summed E-state index contributed by atoms with van der Waals surface area (Å²) >= 11 is 3.18. The molecule has 0 saturated heterocycles. The summed E-state index contributed by atoms with van der Waals surface area (Å²) in [6, 6.07) is 4.43. The number of aliphatic carboxylic acids is 1. The molecule has 1 aromatic carbocycles. The molecule has 0 heterocycles. The summed E-state index contributed by atoms with van der Waals surface area (Å²) in [7, 11) is 0. The highest BCUT2D eigenvalue weighted by molar-refractivity contribution is 9.10. The minimum atomic E-state index is -0.973. The maximum atomic E-state index is 10.8. The van der Waals surface area contributed by atoms with Crippen LogP contribution in [0.15, 0.2) is 22.7 Å². The van der Waals surface area contributed by atoms with Gasteiger partial charge in [0.05, 0.1) is 5.92 Å². The van der Waals surface area contributed by atoms with Crippen LogP contribution >= 0.6 is 15.9 Å². The number of halogens is 1. The molecule has 1 aromatic rings. The van der Waals surface area contributed by atoms with Crippen molar-refractivity contribution in [1.29, 1.82) is 0 Å². The maximum absolute atomic E-state index is 10.8. The maximum Gasteiger partial charge on any atom is 0.312 e. The number of benzene rings is 1. The largest absolute Gasteiger partial charge is 0.508 e. The smallest absolute Gasteiger partial charge is 0.312 e. The van der Waals surface area contributed by atoms with Crippen LogP contribution in [0.2, 0.25) is 0 Å². The molecule has 5 heteroatoms. The third-order valence-electron chi connectivity index (χ3n) is 1.89. The van der Waals surface area contributed by atoms with Gasteiger partial charge in [0.2, 0.25) is 0 Å². The number of hydrogen-bond acceptors (Lipinski definition) is 3. The van der Waals surface area contributed by atoms with Crippen molar-refractivity contribution in [1.82, 2.24) is 0 Å². The Morgan fingerprint density at radius 2 is 2.21 bits per heavy atom. The Kier molecular flexibility index (Phi) is 3.49. The lowest BCUT2D eigenvalue weighted by Crippen LogP contribution is -2.21. The van der Waals surface area contributed by atoms with Gasteiger partial charge in [-0.3, -0.25) is 4.79 Å². The molecule has 0 aliphatic rings. The molecule has 0 aliphatic carbocycles. The average Bonchev–Trinajstić information content (AvgIpc) is 2.09. The highest BCUT2D eigenvalue weighted by Gasteiger charge is 2.20. The van der Waals surface area contributed by atoms with Crippen LogP contribution in [0.4, 0.5) is 0 Å². The van der Waals surface area contributed by atoms with Crippen LogP contribution in [0.25, 0.3) is 0 Å². The molecule has 0 fully saturated rings. The third kappa shape index (κ3) is 2.24. The molecule has 4 N–H and O–H groups in total. The zero-order valence-electron chi connectivity index (χ0n) is 7.27. The highest BCUT2D eigenvalue weighted by Crippen LogP contribution is 2.28. The van der Waals surface area contributed by atoms with Gasteiger partial charge in [-0.2, -0.15) is 0 Å². The fourth-order valence-corrected chi connectivity index (χ4v) is 1.80. The monoisotopic (exact) mass is 259 g/mol. The van der Waals surface area contributed by atoms with E-state index in [0.717, 1.165) is 0 Å². The van der Waals surface area contributed by atoms with Crippen LogP contribution in [0, 0.1) is 0 Å². The van der Waals surface area contributed by atoms with E-state index in [-0.39, 0.29) is 12.3 Å². The number of carboxylic acids is 1. The average molecular weight is 260 g/mol. The summed E-state index contributed by atoms with van der Waals surface area (Å²) in [5.74, 6) is -1.63.